The minimum absolute atomic E-state index is 0.0580. The van der Waals surface area contributed by atoms with Gasteiger partial charge in [-0.3, -0.25) is 9.59 Å². The number of carboxylic acid groups (broad SMARTS) is 2. The lowest BCUT2D eigenvalue weighted by Crippen LogP contribution is -2.48. The minimum atomic E-state index is -3.89. The molecule has 0 saturated heterocycles. The van der Waals surface area contributed by atoms with E-state index in [0.717, 1.165) is 27.8 Å². The van der Waals surface area contributed by atoms with Crippen molar-refractivity contribution >= 4 is 33.8 Å². The number of aliphatic hydroxyl groups excluding tert-OH is 2. The van der Waals surface area contributed by atoms with E-state index in [1.807, 2.05) is 60.7 Å². The van der Waals surface area contributed by atoms with Crippen LogP contribution in [0.5, 0.6) is 0 Å². The average Bonchev–Trinajstić information content (AvgIpc) is 3.87. The Labute approximate surface area is 372 Å². The number of nitrogens with one attached hydrogen (secondary N) is 3. The normalized spacial score (nSPS) is 12.9. The molecule has 0 unspecified atom stereocenters. The summed E-state index contributed by atoms with van der Waals surface area (Å²) in [7, 11) is -3.89. The highest BCUT2D eigenvalue weighted by atomic mass is 32.2. The lowest BCUT2D eigenvalue weighted by Gasteiger charge is -2.22. The fourth-order valence-electron chi connectivity index (χ4n) is 6.72. The van der Waals surface area contributed by atoms with Crippen LogP contribution in [-0.2, 0) is 32.5 Å². The standard InChI is InChI=1S/C24H21N5O4.C23H22N2O6S/c30-21(24(32)33)20(12-15-6-2-1-3-7-15)25-23(31)19-11-5-9-17(14-19)16-8-4-10-18(13-16)22-26-28-29-27-22;24-32(30,31)19-11-5-9-17(14-19)16-8-4-10-18(13-16)22(27)25-20(21(26)23(28)29)12-15-6-2-1-3-7-15/h1-11,13-14,20-21,30H,12H2,(H,25,31)(H,32,33)(H,26,27,28,29);1-11,13-14,20-21,26H,12H2,(H,25,27)(H,28,29)(H2,24,30,31)/t2*20-,21-/m11/s1. The minimum Gasteiger partial charge on any atom is -0.479 e. The summed E-state index contributed by atoms with van der Waals surface area (Å²) in [4.78, 5) is 48.5. The van der Waals surface area contributed by atoms with E-state index >= 15 is 0 Å². The zero-order valence-electron chi connectivity index (χ0n) is 34.3. The number of carboxylic acids is 2. The van der Waals surface area contributed by atoms with Crippen LogP contribution in [0.3, 0.4) is 0 Å². The summed E-state index contributed by atoms with van der Waals surface area (Å²) in [6.07, 6.45) is -3.25. The number of aromatic nitrogens is 4. The quantitative estimate of drug-likeness (QED) is 0.0679. The molecule has 7 rings (SSSR count). The fourth-order valence-corrected chi connectivity index (χ4v) is 7.28. The van der Waals surface area contributed by atoms with Crippen LogP contribution in [0.15, 0.2) is 163 Å². The number of aliphatic hydroxyl groups is 2. The van der Waals surface area contributed by atoms with Crippen LogP contribution < -0.4 is 15.8 Å². The number of sulfonamides is 1. The molecule has 332 valence electrons. The number of benzene rings is 6. The maximum atomic E-state index is 13.0. The van der Waals surface area contributed by atoms with Gasteiger partial charge < -0.3 is 31.1 Å². The molecule has 0 aliphatic carbocycles. The molecule has 0 fully saturated rings. The summed E-state index contributed by atoms with van der Waals surface area (Å²) < 4.78 is 23.2. The van der Waals surface area contributed by atoms with Crippen molar-refractivity contribution in [1.29, 1.82) is 0 Å². The predicted octanol–water partition coefficient (Wildman–Crippen LogP) is 4.11. The van der Waals surface area contributed by atoms with E-state index in [4.69, 9.17) is 5.14 Å². The first-order valence-electron chi connectivity index (χ1n) is 19.8. The highest BCUT2D eigenvalue weighted by Crippen LogP contribution is 2.26. The Morgan fingerprint density at radius 1 is 0.554 bits per heavy atom. The Hall–Kier alpha value is -7.90. The number of carbonyl (C=O) groups is 4. The van der Waals surface area contributed by atoms with Crippen LogP contribution in [0.2, 0.25) is 0 Å². The van der Waals surface area contributed by atoms with Crippen LogP contribution in [0.1, 0.15) is 31.8 Å². The summed E-state index contributed by atoms with van der Waals surface area (Å²) in [6, 6.07) is 42.8. The monoisotopic (exact) mass is 897 g/mol. The van der Waals surface area contributed by atoms with Gasteiger partial charge in [0.2, 0.25) is 15.8 Å². The highest BCUT2D eigenvalue weighted by Gasteiger charge is 2.29. The third-order valence-electron chi connectivity index (χ3n) is 10.0. The molecule has 17 nitrogen and oxygen atoms in total. The van der Waals surface area contributed by atoms with Crippen LogP contribution >= 0.6 is 0 Å². The SMILES string of the molecule is NS(=O)(=O)c1cccc(-c2cccc(C(=O)N[C@H](Cc3ccccc3)[C@@H](O)C(=O)O)c2)c1.O=C(N[C@H](Cc1ccccc1)[C@@H](O)C(=O)O)c1cccc(-c2cccc(-c3nn[nH]n3)c2)c1. The molecule has 0 saturated carbocycles. The first-order chi connectivity index (χ1) is 31.2. The van der Waals surface area contributed by atoms with Crippen molar-refractivity contribution in [2.45, 2.75) is 42.0 Å². The van der Waals surface area contributed by atoms with Gasteiger partial charge in [0.1, 0.15) is 0 Å². The Balaban J connectivity index is 0.000000216. The van der Waals surface area contributed by atoms with Crippen molar-refractivity contribution in [2.24, 2.45) is 5.14 Å². The van der Waals surface area contributed by atoms with Crippen LogP contribution in [0.25, 0.3) is 33.6 Å². The number of nitrogens with two attached hydrogens (primary N) is 1. The van der Waals surface area contributed by atoms with E-state index in [-0.39, 0.29) is 23.3 Å². The van der Waals surface area contributed by atoms with Gasteiger partial charge in [0.25, 0.3) is 11.8 Å². The van der Waals surface area contributed by atoms with E-state index in [0.29, 0.717) is 22.5 Å². The summed E-state index contributed by atoms with van der Waals surface area (Å²) in [5.41, 5.74) is 5.63. The maximum absolute atomic E-state index is 13.0. The zero-order valence-corrected chi connectivity index (χ0v) is 35.1. The van der Waals surface area contributed by atoms with Gasteiger partial charge in [0.05, 0.1) is 17.0 Å². The molecule has 4 atom stereocenters. The largest absolute Gasteiger partial charge is 0.479 e. The van der Waals surface area contributed by atoms with E-state index < -0.39 is 58.1 Å². The molecule has 0 radical (unpaired) electrons. The second kappa shape index (κ2) is 21.5. The Morgan fingerprint density at radius 2 is 0.969 bits per heavy atom. The number of aromatic amines is 1. The van der Waals surface area contributed by atoms with Gasteiger partial charge >= 0.3 is 11.9 Å². The van der Waals surface area contributed by atoms with E-state index in [9.17, 15) is 48.0 Å². The van der Waals surface area contributed by atoms with Crippen molar-refractivity contribution < 1.29 is 48.0 Å². The van der Waals surface area contributed by atoms with Gasteiger partial charge in [-0.15, -0.1) is 10.2 Å². The third kappa shape index (κ3) is 12.8. The summed E-state index contributed by atoms with van der Waals surface area (Å²) >= 11 is 0. The van der Waals surface area contributed by atoms with Gasteiger partial charge in [0, 0.05) is 16.7 Å². The Morgan fingerprint density at radius 3 is 1.40 bits per heavy atom. The van der Waals surface area contributed by atoms with Gasteiger partial charge in [-0.2, -0.15) is 5.21 Å². The van der Waals surface area contributed by atoms with Crippen LogP contribution in [0, 0.1) is 0 Å². The number of tetrazole rings is 1. The molecule has 7 aromatic rings. The van der Waals surface area contributed by atoms with Gasteiger partial charge in [-0.05, 0) is 93.9 Å². The van der Waals surface area contributed by atoms with E-state index in [1.165, 1.54) is 18.2 Å². The van der Waals surface area contributed by atoms with Gasteiger partial charge in [-0.25, -0.2) is 23.1 Å². The van der Waals surface area contributed by atoms with Crippen molar-refractivity contribution in [1.82, 2.24) is 31.3 Å². The Kier molecular flexibility index (Phi) is 15.4. The molecule has 18 heteroatoms. The number of aliphatic carboxylic acids is 2. The van der Waals surface area contributed by atoms with Crippen LogP contribution in [-0.4, -0.2) is 97.5 Å². The second-order valence-corrected chi connectivity index (χ2v) is 16.2. The molecule has 6 aromatic carbocycles. The molecular formula is C47H43N7O10S. The van der Waals surface area contributed by atoms with Gasteiger partial charge in [0.15, 0.2) is 12.2 Å². The van der Waals surface area contributed by atoms with Crippen molar-refractivity contribution in [3.05, 3.63) is 180 Å². The number of carbonyl (C=O) groups excluding carboxylic acids is 2. The molecule has 0 aliphatic heterocycles. The average molecular weight is 898 g/mol. The molecule has 1 aromatic heterocycles. The molecule has 0 bridgehead atoms. The predicted molar refractivity (Wildman–Crippen MR) is 238 cm³/mol. The zero-order chi connectivity index (χ0) is 46.5. The maximum Gasteiger partial charge on any atom is 0.334 e. The number of hydrogen-bond acceptors (Lipinski definition) is 11. The van der Waals surface area contributed by atoms with Crippen molar-refractivity contribution in [2.75, 3.05) is 0 Å². The smallest absolute Gasteiger partial charge is 0.334 e. The van der Waals surface area contributed by atoms with Crippen LogP contribution in [0.4, 0.5) is 0 Å². The first-order valence-corrected chi connectivity index (χ1v) is 21.4. The fraction of sp³-hybridized carbons (Fsp3) is 0.128. The molecule has 2 amide bonds. The summed E-state index contributed by atoms with van der Waals surface area (Å²) in [5, 5.41) is 63.2. The number of nitrogens with zero attached hydrogens (tertiary/aromatic N) is 3. The first kappa shape index (κ1) is 46.6. The lowest BCUT2D eigenvalue weighted by molar-refractivity contribution is -0.148. The number of H-pyrrole nitrogens is 1. The Bertz CT molecular complexity index is 2870. The molecule has 1 heterocycles. The molecule has 9 N–H and O–H groups in total. The highest BCUT2D eigenvalue weighted by molar-refractivity contribution is 7.89. The van der Waals surface area contributed by atoms with E-state index in [1.54, 1.807) is 78.9 Å². The number of rotatable bonds is 16. The topological polar surface area (TPSA) is 288 Å². The molecule has 0 spiro atoms. The van der Waals surface area contributed by atoms with Crippen molar-refractivity contribution in [3.8, 4) is 33.6 Å². The van der Waals surface area contributed by atoms with Gasteiger partial charge in [-0.1, -0.05) is 115 Å². The molecule has 0 aliphatic rings. The molecule has 65 heavy (non-hydrogen) atoms. The third-order valence-corrected chi connectivity index (χ3v) is 11.0. The van der Waals surface area contributed by atoms with Crippen molar-refractivity contribution in [3.63, 3.8) is 0 Å². The lowest BCUT2D eigenvalue weighted by atomic mass is 9.99. The number of amides is 2. The molecular weight excluding hydrogens is 855 g/mol. The number of primary sulfonamides is 1. The second-order valence-electron chi connectivity index (χ2n) is 14.7. The number of hydrogen-bond donors (Lipinski definition) is 8. The summed E-state index contributed by atoms with van der Waals surface area (Å²) in [6.45, 7) is 0. The van der Waals surface area contributed by atoms with E-state index in [2.05, 4.69) is 31.3 Å². The summed E-state index contributed by atoms with van der Waals surface area (Å²) in [5.74, 6) is -3.44.